The number of hydrogen-bond donors (Lipinski definition) is 1. The Hall–Kier alpha value is -1.02. The first-order valence-corrected chi connectivity index (χ1v) is 4.73. The van der Waals surface area contributed by atoms with Crippen molar-refractivity contribution in [3.63, 3.8) is 0 Å². The second-order valence-corrected chi connectivity index (χ2v) is 3.74. The molecule has 0 spiro atoms. The number of hydrogen-bond acceptors (Lipinski definition) is 2. The molecule has 2 N–H and O–H groups in total. The van der Waals surface area contributed by atoms with Gasteiger partial charge in [0.25, 0.3) is 0 Å². The maximum atomic E-state index is 5.84. The van der Waals surface area contributed by atoms with Gasteiger partial charge < -0.3 is 10.5 Å². The number of nitrogens with two attached hydrogens (primary N) is 1. The molecule has 1 aliphatic heterocycles. The Morgan fingerprint density at radius 1 is 1.46 bits per heavy atom. The van der Waals surface area contributed by atoms with E-state index in [1.54, 1.807) is 0 Å². The van der Waals surface area contributed by atoms with Gasteiger partial charge in [0.05, 0.1) is 6.61 Å². The van der Waals surface area contributed by atoms with Gasteiger partial charge in [0.2, 0.25) is 0 Å². The van der Waals surface area contributed by atoms with E-state index in [0.29, 0.717) is 5.92 Å². The summed E-state index contributed by atoms with van der Waals surface area (Å²) >= 11 is 0. The maximum Gasteiger partial charge on any atom is 0.122 e. The molecule has 2 heteroatoms. The SMILES string of the molecule is C[C@H](N)C1COc2ccccc2C1. The third-order valence-electron chi connectivity index (χ3n) is 2.65. The number of rotatable bonds is 1. The van der Waals surface area contributed by atoms with E-state index in [9.17, 15) is 0 Å². The fraction of sp³-hybridized carbons (Fsp3) is 0.455. The molecule has 2 atom stereocenters. The average molecular weight is 177 g/mol. The first-order valence-electron chi connectivity index (χ1n) is 4.73. The van der Waals surface area contributed by atoms with Crippen LogP contribution in [0.4, 0.5) is 0 Å². The van der Waals surface area contributed by atoms with Gasteiger partial charge in [-0.15, -0.1) is 0 Å². The lowest BCUT2D eigenvalue weighted by molar-refractivity contribution is 0.204. The van der Waals surface area contributed by atoms with Crippen LogP contribution < -0.4 is 10.5 Å². The molecule has 0 fully saturated rings. The Bertz CT molecular complexity index is 296. The second-order valence-electron chi connectivity index (χ2n) is 3.74. The molecule has 1 aromatic carbocycles. The van der Waals surface area contributed by atoms with Gasteiger partial charge >= 0.3 is 0 Å². The Morgan fingerprint density at radius 3 is 3.00 bits per heavy atom. The predicted octanol–water partition coefficient (Wildman–Crippen LogP) is 1.58. The minimum Gasteiger partial charge on any atom is -0.493 e. The van der Waals surface area contributed by atoms with Crippen molar-refractivity contribution in [2.24, 2.45) is 11.7 Å². The molecular formula is C11H15NO. The summed E-state index contributed by atoms with van der Waals surface area (Å²) in [4.78, 5) is 0. The van der Waals surface area contributed by atoms with E-state index in [1.165, 1.54) is 5.56 Å². The summed E-state index contributed by atoms with van der Waals surface area (Å²) in [5, 5.41) is 0. The summed E-state index contributed by atoms with van der Waals surface area (Å²) in [6, 6.07) is 8.40. The van der Waals surface area contributed by atoms with Gasteiger partial charge in [0.1, 0.15) is 5.75 Å². The molecule has 1 heterocycles. The van der Waals surface area contributed by atoms with E-state index < -0.39 is 0 Å². The number of fused-ring (bicyclic) bond motifs is 1. The van der Waals surface area contributed by atoms with Crippen molar-refractivity contribution in [3.8, 4) is 5.75 Å². The van der Waals surface area contributed by atoms with Crippen LogP contribution in [0.2, 0.25) is 0 Å². The van der Waals surface area contributed by atoms with Crippen molar-refractivity contribution < 1.29 is 4.74 Å². The van der Waals surface area contributed by atoms with Crippen LogP contribution in [0.15, 0.2) is 24.3 Å². The monoisotopic (exact) mass is 177 g/mol. The molecule has 70 valence electrons. The highest BCUT2D eigenvalue weighted by molar-refractivity contribution is 5.35. The summed E-state index contributed by atoms with van der Waals surface area (Å²) in [5.74, 6) is 1.49. The molecule has 0 radical (unpaired) electrons. The van der Waals surface area contributed by atoms with E-state index >= 15 is 0 Å². The molecule has 1 unspecified atom stereocenters. The Balaban J connectivity index is 2.20. The molecule has 0 aromatic heterocycles. The van der Waals surface area contributed by atoms with Gasteiger partial charge in [-0.3, -0.25) is 0 Å². The van der Waals surface area contributed by atoms with Crippen molar-refractivity contribution in [1.29, 1.82) is 0 Å². The average Bonchev–Trinajstić information content (AvgIpc) is 2.17. The van der Waals surface area contributed by atoms with Crippen molar-refractivity contribution >= 4 is 0 Å². The largest absolute Gasteiger partial charge is 0.493 e. The first-order chi connectivity index (χ1) is 6.27. The first kappa shape index (κ1) is 8.57. The fourth-order valence-corrected chi connectivity index (χ4v) is 1.69. The van der Waals surface area contributed by atoms with Gasteiger partial charge in [-0.1, -0.05) is 18.2 Å². The van der Waals surface area contributed by atoms with E-state index in [-0.39, 0.29) is 6.04 Å². The van der Waals surface area contributed by atoms with Crippen molar-refractivity contribution in [1.82, 2.24) is 0 Å². The van der Waals surface area contributed by atoms with E-state index in [1.807, 2.05) is 25.1 Å². The van der Waals surface area contributed by atoms with Crippen molar-refractivity contribution in [2.75, 3.05) is 6.61 Å². The normalized spacial score (nSPS) is 23.1. The number of benzene rings is 1. The third kappa shape index (κ3) is 1.68. The van der Waals surface area contributed by atoms with E-state index in [0.717, 1.165) is 18.8 Å². The standard InChI is InChI=1S/C11H15NO/c1-8(12)10-6-9-4-2-3-5-11(9)13-7-10/h2-5,8,10H,6-7,12H2,1H3/t8-,10?/m0/s1. The summed E-state index contributed by atoms with van der Waals surface area (Å²) in [7, 11) is 0. The van der Waals surface area contributed by atoms with Crippen LogP contribution in [0.3, 0.4) is 0 Å². The molecule has 0 amide bonds. The minimum absolute atomic E-state index is 0.216. The zero-order valence-electron chi connectivity index (χ0n) is 7.86. The van der Waals surface area contributed by atoms with Gasteiger partial charge in [-0.25, -0.2) is 0 Å². The van der Waals surface area contributed by atoms with Crippen LogP contribution >= 0.6 is 0 Å². The number of para-hydroxylation sites is 1. The number of ether oxygens (including phenoxy) is 1. The van der Waals surface area contributed by atoms with Crippen LogP contribution in [0.1, 0.15) is 12.5 Å². The van der Waals surface area contributed by atoms with E-state index in [4.69, 9.17) is 10.5 Å². The Kier molecular flexibility index (Phi) is 2.23. The molecule has 2 rings (SSSR count). The van der Waals surface area contributed by atoms with Gasteiger partial charge in [0, 0.05) is 12.0 Å². The zero-order valence-corrected chi connectivity index (χ0v) is 7.86. The topological polar surface area (TPSA) is 35.2 Å². The third-order valence-corrected chi connectivity index (χ3v) is 2.65. The minimum atomic E-state index is 0.216. The maximum absolute atomic E-state index is 5.84. The Labute approximate surface area is 78.7 Å². The zero-order chi connectivity index (χ0) is 9.26. The molecular weight excluding hydrogens is 162 g/mol. The summed E-state index contributed by atoms with van der Waals surface area (Å²) in [6.07, 6.45) is 1.05. The van der Waals surface area contributed by atoms with Crippen molar-refractivity contribution in [2.45, 2.75) is 19.4 Å². The van der Waals surface area contributed by atoms with Crippen LogP contribution in [0.5, 0.6) is 5.75 Å². The van der Waals surface area contributed by atoms with Gasteiger partial charge in [0.15, 0.2) is 0 Å². The van der Waals surface area contributed by atoms with E-state index in [2.05, 4.69) is 6.07 Å². The molecule has 13 heavy (non-hydrogen) atoms. The van der Waals surface area contributed by atoms with Crippen LogP contribution in [0.25, 0.3) is 0 Å². The molecule has 1 aromatic rings. The molecule has 0 aliphatic carbocycles. The molecule has 1 aliphatic rings. The van der Waals surface area contributed by atoms with Gasteiger partial charge in [-0.05, 0) is 25.0 Å². The fourth-order valence-electron chi connectivity index (χ4n) is 1.69. The Morgan fingerprint density at radius 2 is 2.23 bits per heavy atom. The lowest BCUT2D eigenvalue weighted by Crippen LogP contribution is -2.35. The van der Waals surface area contributed by atoms with Crippen LogP contribution in [-0.2, 0) is 6.42 Å². The molecule has 0 saturated carbocycles. The van der Waals surface area contributed by atoms with Crippen LogP contribution in [0, 0.1) is 5.92 Å². The highest BCUT2D eigenvalue weighted by Crippen LogP contribution is 2.27. The molecule has 0 saturated heterocycles. The smallest absolute Gasteiger partial charge is 0.122 e. The van der Waals surface area contributed by atoms with Gasteiger partial charge in [-0.2, -0.15) is 0 Å². The van der Waals surface area contributed by atoms with Crippen molar-refractivity contribution in [3.05, 3.63) is 29.8 Å². The highest BCUT2D eigenvalue weighted by atomic mass is 16.5. The molecule has 0 bridgehead atoms. The molecule has 2 nitrogen and oxygen atoms in total. The summed E-state index contributed by atoms with van der Waals surface area (Å²) in [5.41, 5.74) is 7.13. The quantitative estimate of drug-likeness (QED) is 0.707. The summed E-state index contributed by atoms with van der Waals surface area (Å²) in [6.45, 7) is 2.80. The highest BCUT2D eigenvalue weighted by Gasteiger charge is 2.21. The van der Waals surface area contributed by atoms with Crippen LogP contribution in [-0.4, -0.2) is 12.6 Å². The predicted molar refractivity (Wildman–Crippen MR) is 52.8 cm³/mol. The lowest BCUT2D eigenvalue weighted by atomic mass is 9.92. The lowest BCUT2D eigenvalue weighted by Gasteiger charge is -2.27. The summed E-state index contributed by atoms with van der Waals surface area (Å²) < 4.78 is 5.62. The second kappa shape index (κ2) is 3.38.